The number of piperazine rings is 1. The number of hydrogen-bond donors (Lipinski definition) is 1. The number of aromatic nitrogens is 1. The van der Waals surface area contributed by atoms with Gasteiger partial charge in [-0.3, -0.25) is 4.79 Å². The minimum Gasteiger partial charge on any atom is -0.351 e. The molecule has 7 nitrogen and oxygen atoms in total. The highest BCUT2D eigenvalue weighted by Crippen LogP contribution is 2.24. The zero-order valence-electron chi connectivity index (χ0n) is 14.9. The smallest absolute Gasteiger partial charge is 0.317 e. The van der Waals surface area contributed by atoms with E-state index in [-0.39, 0.29) is 17.7 Å². The molecule has 0 aliphatic carbocycles. The first-order chi connectivity index (χ1) is 13.0. The molecule has 0 spiro atoms. The quantitative estimate of drug-likeness (QED) is 0.839. The molecule has 1 fully saturated rings. The summed E-state index contributed by atoms with van der Waals surface area (Å²) in [6.45, 7) is 4.00. The van der Waals surface area contributed by atoms with Crippen LogP contribution in [0, 0.1) is 6.92 Å². The summed E-state index contributed by atoms with van der Waals surface area (Å²) in [6.07, 6.45) is 0.549. The molecule has 2 heterocycles. The van der Waals surface area contributed by atoms with Gasteiger partial charge < -0.3 is 19.6 Å². The van der Waals surface area contributed by atoms with Crippen LogP contribution in [-0.2, 0) is 6.42 Å². The van der Waals surface area contributed by atoms with Gasteiger partial charge in [-0.15, -0.1) is 0 Å². The average Bonchev–Trinajstić information content (AvgIpc) is 3.10. The van der Waals surface area contributed by atoms with Gasteiger partial charge in [0.05, 0.1) is 5.69 Å². The van der Waals surface area contributed by atoms with Crippen molar-refractivity contribution < 1.29 is 14.1 Å². The van der Waals surface area contributed by atoms with Gasteiger partial charge in [0, 0.05) is 48.8 Å². The van der Waals surface area contributed by atoms with E-state index in [1.807, 2.05) is 0 Å². The Hall–Kier alpha value is -2.25. The van der Waals surface area contributed by atoms with Gasteiger partial charge in [0.15, 0.2) is 0 Å². The van der Waals surface area contributed by atoms with E-state index in [4.69, 9.17) is 27.7 Å². The van der Waals surface area contributed by atoms with Crippen molar-refractivity contribution in [1.29, 1.82) is 0 Å². The second-order valence-electron chi connectivity index (χ2n) is 6.29. The number of urea groups is 1. The lowest BCUT2D eigenvalue weighted by atomic mass is 10.1. The molecule has 3 amide bonds. The molecule has 1 aromatic carbocycles. The molecule has 3 rings (SSSR count). The fourth-order valence-corrected chi connectivity index (χ4v) is 3.50. The van der Waals surface area contributed by atoms with Crippen LogP contribution in [0.1, 0.15) is 21.8 Å². The lowest BCUT2D eigenvalue weighted by Crippen LogP contribution is -2.53. The number of carbonyl (C=O) groups is 2. The summed E-state index contributed by atoms with van der Waals surface area (Å²) in [6, 6.07) is 6.78. The third-order valence-electron chi connectivity index (χ3n) is 4.41. The van der Waals surface area contributed by atoms with Crippen molar-refractivity contribution in [3.8, 4) is 0 Å². The fourth-order valence-electron chi connectivity index (χ4n) is 2.91. The van der Waals surface area contributed by atoms with Crippen molar-refractivity contribution in [2.45, 2.75) is 13.3 Å². The maximum atomic E-state index is 12.3. The van der Waals surface area contributed by atoms with Crippen molar-refractivity contribution in [3.63, 3.8) is 0 Å². The minimum absolute atomic E-state index is 0.166. The van der Waals surface area contributed by atoms with Crippen LogP contribution in [0.3, 0.4) is 0 Å². The van der Waals surface area contributed by atoms with Gasteiger partial charge in [-0.1, -0.05) is 34.4 Å². The molecule has 27 heavy (non-hydrogen) atoms. The summed E-state index contributed by atoms with van der Waals surface area (Å²) in [5.41, 5.74) is 1.48. The van der Waals surface area contributed by atoms with E-state index in [9.17, 15) is 9.59 Å². The first-order valence-electron chi connectivity index (χ1n) is 8.64. The Kier molecular flexibility index (Phi) is 6.23. The number of hydrogen-bond acceptors (Lipinski definition) is 4. The van der Waals surface area contributed by atoms with Crippen molar-refractivity contribution in [1.82, 2.24) is 20.3 Å². The van der Waals surface area contributed by atoms with E-state index in [1.165, 1.54) is 0 Å². The third kappa shape index (κ3) is 4.73. The van der Waals surface area contributed by atoms with Crippen molar-refractivity contribution >= 4 is 35.1 Å². The van der Waals surface area contributed by atoms with Crippen molar-refractivity contribution in [2.75, 3.05) is 32.7 Å². The minimum atomic E-state index is -0.205. The lowest BCUT2D eigenvalue weighted by molar-refractivity contribution is 0.0625. The Morgan fingerprint density at radius 3 is 2.37 bits per heavy atom. The van der Waals surface area contributed by atoms with Crippen LogP contribution in [0.4, 0.5) is 4.79 Å². The largest absolute Gasteiger partial charge is 0.351 e. The second kappa shape index (κ2) is 8.63. The van der Waals surface area contributed by atoms with Crippen LogP contribution >= 0.6 is 23.2 Å². The number of carbonyl (C=O) groups excluding carboxylic acids is 2. The number of amides is 3. The standard InChI is InChI=1S/C18H20Cl2N4O3/c1-12-11-16(27-22-12)17(25)23-7-9-24(10-8-23)18(26)21-6-5-13-14(19)3-2-4-15(13)20/h2-4,11H,5-10H2,1H3,(H,21,26). The zero-order chi connectivity index (χ0) is 19.4. The van der Waals surface area contributed by atoms with Crippen LogP contribution in [0.25, 0.3) is 0 Å². The van der Waals surface area contributed by atoms with Crippen molar-refractivity contribution in [2.24, 2.45) is 0 Å². The van der Waals surface area contributed by atoms with Gasteiger partial charge in [-0.2, -0.15) is 0 Å². The molecule has 0 unspecified atom stereocenters. The van der Waals surface area contributed by atoms with Gasteiger partial charge in [-0.05, 0) is 31.0 Å². The van der Waals surface area contributed by atoms with Gasteiger partial charge in [0.2, 0.25) is 5.76 Å². The van der Waals surface area contributed by atoms with E-state index in [2.05, 4.69) is 10.5 Å². The highest BCUT2D eigenvalue weighted by atomic mass is 35.5. The fraction of sp³-hybridized carbons (Fsp3) is 0.389. The normalized spacial score (nSPS) is 14.3. The summed E-state index contributed by atoms with van der Waals surface area (Å²) in [4.78, 5) is 28.0. The number of aryl methyl sites for hydroxylation is 1. The molecule has 0 bridgehead atoms. The SMILES string of the molecule is Cc1cc(C(=O)N2CCN(C(=O)NCCc3c(Cl)cccc3Cl)CC2)on1. The topological polar surface area (TPSA) is 78.7 Å². The van der Waals surface area contributed by atoms with Crippen LogP contribution < -0.4 is 5.32 Å². The number of benzene rings is 1. The highest BCUT2D eigenvalue weighted by Gasteiger charge is 2.26. The Bertz CT molecular complexity index is 812. The molecule has 1 saturated heterocycles. The average molecular weight is 411 g/mol. The Balaban J connectivity index is 1.45. The molecular formula is C18H20Cl2N4O3. The van der Waals surface area contributed by atoms with E-state index in [1.54, 1.807) is 41.0 Å². The molecule has 0 radical (unpaired) electrons. The predicted molar refractivity (Wildman–Crippen MR) is 102 cm³/mol. The van der Waals surface area contributed by atoms with Crippen molar-refractivity contribution in [3.05, 3.63) is 51.3 Å². The maximum absolute atomic E-state index is 12.3. The van der Waals surface area contributed by atoms with E-state index >= 15 is 0 Å². The van der Waals surface area contributed by atoms with Crippen LogP contribution in [0.5, 0.6) is 0 Å². The molecule has 1 aliphatic rings. The van der Waals surface area contributed by atoms with Crippen LogP contribution in [0.15, 0.2) is 28.8 Å². The van der Waals surface area contributed by atoms with Gasteiger partial charge in [0.1, 0.15) is 0 Å². The molecule has 0 saturated carbocycles. The van der Waals surface area contributed by atoms with Gasteiger partial charge in [0.25, 0.3) is 5.91 Å². The predicted octanol–water partition coefficient (Wildman–Crippen LogP) is 3.00. The summed E-state index contributed by atoms with van der Waals surface area (Å²) < 4.78 is 5.01. The number of halogens is 2. The first kappa shape index (κ1) is 19.5. The molecule has 9 heteroatoms. The highest BCUT2D eigenvalue weighted by molar-refractivity contribution is 6.36. The lowest BCUT2D eigenvalue weighted by Gasteiger charge is -2.34. The summed E-state index contributed by atoms with van der Waals surface area (Å²) >= 11 is 12.3. The maximum Gasteiger partial charge on any atom is 0.317 e. The molecule has 144 valence electrons. The molecule has 1 aromatic heterocycles. The molecule has 0 atom stereocenters. The van der Waals surface area contributed by atoms with Gasteiger partial charge in [-0.25, -0.2) is 4.79 Å². The van der Waals surface area contributed by atoms with E-state index < -0.39 is 0 Å². The molecule has 1 aliphatic heterocycles. The summed E-state index contributed by atoms with van der Waals surface area (Å²) in [5, 5.41) is 7.78. The third-order valence-corrected chi connectivity index (χ3v) is 5.11. The summed E-state index contributed by atoms with van der Waals surface area (Å²) in [7, 11) is 0. The van der Waals surface area contributed by atoms with Gasteiger partial charge >= 0.3 is 6.03 Å². The van der Waals surface area contributed by atoms with E-state index in [0.29, 0.717) is 54.9 Å². The molecule has 1 N–H and O–H groups in total. The second-order valence-corrected chi connectivity index (χ2v) is 7.11. The van der Waals surface area contributed by atoms with Crippen LogP contribution in [0.2, 0.25) is 10.0 Å². The number of nitrogens with one attached hydrogen (secondary N) is 1. The number of rotatable bonds is 4. The first-order valence-corrected chi connectivity index (χ1v) is 9.39. The Morgan fingerprint density at radius 1 is 1.15 bits per heavy atom. The monoisotopic (exact) mass is 410 g/mol. The molecule has 2 aromatic rings. The summed E-state index contributed by atoms with van der Waals surface area (Å²) in [5.74, 6) is 0.0195. The Labute approximate surface area is 167 Å². The number of nitrogens with zero attached hydrogens (tertiary/aromatic N) is 3. The molecular weight excluding hydrogens is 391 g/mol. The Morgan fingerprint density at radius 2 is 1.78 bits per heavy atom. The van der Waals surface area contributed by atoms with Crippen LogP contribution in [-0.4, -0.2) is 59.6 Å². The zero-order valence-corrected chi connectivity index (χ0v) is 16.4. The van der Waals surface area contributed by atoms with E-state index in [0.717, 1.165) is 5.56 Å².